The Labute approximate surface area is 263 Å². The molecule has 5 nitrogen and oxygen atoms in total. The number of nitrogens with zero attached hydrogens (tertiary/aromatic N) is 1. The van der Waals surface area contributed by atoms with Crippen LogP contribution in [0, 0.1) is 11.8 Å². The van der Waals surface area contributed by atoms with Gasteiger partial charge in [0.05, 0.1) is 22.1 Å². The molecule has 1 aliphatic rings. The Balaban J connectivity index is 1.11. The number of aromatic nitrogens is 1. The number of carbonyl (C=O) groups is 2. The van der Waals surface area contributed by atoms with Crippen LogP contribution in [0.3, 0.4) is 0 Å². The Hall–Kier alpha value is -3.16. The monoisotopic (exact) mass is 614 g/mol. The lowest BCUT2D eigenvalue weighted by molar-refractivity contribution is -0.116. The van der Waals surface area contributed by atoms with E-state index in [2.05, 4.69) is 62.3 Å². The Morgan fingerprint density at radius 3 is 2.60 bits per heavy atom. The number of ether oxygens (including phenoxy) is 1. The van der Waals surface area contributed by atoms with Crippen molar-refractivity contribution in [3.63, 3.8) is 0 Å². The molecule has 0 bridgehead atoms. The molecule has 0 saturated heterocycles. The number of carbonyl (C=O) groups excluding carboxylic acids is 2. The summed E-state index contributed by atoms with van der Waals surface area (Å²) in [5, 5.41) is 2.80. The molecule has 0 aliphatic heterocycles. The van der Waals surface area contributed by atoms with Crippen molar-refractivity contribution in [2.75, 3.05) is 11.9 Å². The van der Waals surface area contributed by atoms with Crippen LogP contribution >= 0.6 is 23.1 Å². The van der Waals surface area contributed by atoms with Gasteiger partial charge < -0.3 is 10.1 Å². The number of thiazole rings is 1. The van der Waals surface area contributed by atoms with Crippen molar-refractivity contribution in [3.8, 4) is 5.75 Å². The molecule has 7 heteroatoms. The fourth-order valence-corrected chi connectivity index (χ4v) is 7.71. The number of Topliss-reactive ketones (excluding diaryl/α,β-unsaturated/α-hetero) is 1. The van der Waals surface area contributed by atoms with Crippen LogP contribution in [0.25, 0.3) is 10.2 Å². The Kier molecular flexibility index (Phi) is 10.6. The number of ketones is 1. The minimum atomic E-state index is -0.187. The molecular formula is C36H42N2O3S2. The standard InChI is InChI=1S/C36H42N2O3S2/c1-23(2)11-13-25-14-18-31(27(20-25)15-12-24(3)4)41-19-7-10-34(39)37-28-17-16-26-21-33(35(40)29(26)22-28)43-36-38-30-8-5-6-9-32(30)42-36/h5-6,8-9,14,16-18,20,22-24,33H,7,10-13,15,19,21H2,1-4H3,(H,37,39)/t33-/m1/s1. The number of thioether (sulfide) groups is 1. The molecule has 0 saturated carbocycles. The van der Waals surface area contributed by atoms with Gasteiger partial charge in [0.2, 0.25) is 5.91 Å². The summed E-state index contributed by atoms with van der Waals surface area (Å²) in [5.41, 5.74) is 5.99. The van der Waals surface area contributed by atoms with Gasteiger partial charge in [0.25, 0.3) is 0 Å². The van der Waals surface area contributed by atoms with E-state index in [9.17, 15) is 9.59 Å². The second-order valence-corrected chi connectivity index (χ2v) is 14.8. The summed E-state index contributed by atoms with van der Waals surface area (Å²) in [5.74, 6) is 2.29. The molecular weight excluding hydrogens is 573 g/mol. The van der Waals surface area contributed by atoms with E-state index < -0.39 is 0 Å². The van der Waals surface area contributed by atoms with Crippen molar-refractivity contribution in [3.05, 3.63) is 82.9 Å². The van der Waals surface area contributed by atoms with Gasteiger partial charge >= 0.3 is 0 Å². The van der Waals surface area contributed by atoms with E-state index in [1.165, 1.54) is 29.3 Å². The van der Waals surface area contributed by atoms with Gasteiger partial charge in [-0.3, -0.25) is 9.59 Å². The molecule has 1 aromatic heterocycles. The topological polar surface area (TPSA) is 68.3 Å². The fourth-order valence-electron chi connectivity index (χ4n) is 5.31. The summed E-state index contributed by atoms with van der Waals surface area (Å²) < 4.78 is 8.22. The first-order valence-corrected chi connectivity index (χ1v) is 17.2. The lowest BCUT2D eigenvalue weighted by Crippen LogP contribution is -2.14. The number of aryl methyl sites for hydroxylation is 2. The van der Waals surface area contributed by atoms with Gasteiger partial charge in [-0.2, -0.15) is 0 Å². The van der Waals surface area contributed by atoms with Crippen LogP contribution in [0.4, 0.5) is 5.69 Å². The third-order valence-corrected chi connectivity index (χ3v) is 10.1. The highest BCUT2D eigenvalue weighted by Gasteiger charge is 2.32. The molecule has 1 heterocycles. The fraction of sp³-hybridized carbons (Fsp3) is 0.417. The van der Waals surface area contributed by atoms with Crippen molar-refractivity contribution >= 4 is 50.7 Å². The number of fused-ring (bicyclic) bond motifs is 2. The molecule has 226 valence electrons. The zero-order valence-corrected chi connectivity index (χ0v) is 27.3. The highest BCUT2D eigenvalue weighted by molar-refractivity contribution is 8.02. The minimum absolute atomic E-state index is 0.0709. The molecule has 0 spiro atoms. The van der Waals surface area contributed by atoms with Crippen LogP contribution in [-0.2, 0) is 24.1 Å². The van der Waals surface area contributed by atoms with Gasteiger partial charge in [-0.05, 0) is 97.4 Å². The highest BCUT2D eigenvalue weighted by Crippen LogP contribution is 2.38. The van der Waals surface area contributed by atoms with E-state index in [0.29, 0.717) is 49.0 Å². The predicted molar refractivity (Wildman–Crippen MR) is 180 cm³/mol. The normalized spacial score (nSPS) is 14.6. The molecule has 1 N–H and O–H groups in total. The van der Waals surface area contributed by atoms with Gasteiger partial charge in [0, 0.05) is 17.7 Å². The van der Waals surface area contributed by atoms with Crippen molar-refractivity contribution < 1.29 is 14.3 Å². The molecule has 5 rings (SSSR count). The van der Waals surface area contributed by atoms with Crippen LogP contribution in [0.2, 0.25) is 0 Å². The predicted octanol–water partition coefficient (Wildman–Crippen LogP) is 9.17. The summed E-state index contributed by atoms with van der Waals surface area (Å²) in [7, 11) is 0. The molecule has 1 aliphatic carbocycles. The summed E-state index contributed by atoms with van der Waals surface area (Å²) in [6.45, 7) is 9.51. The molecule has 43 heavy (non-hydrogen) atoms. The van der Waals surface area contributed by atoms with Crippen molar-refractivity contribution in [1.82, 2.24) is 4.98 Å². The highest BCUT2D eigenvalue weighted by atomic mass is 32.2. The third kappa shape index (κ3) is 8.48. The van der Waals surface area contributed by atoms with E-state index in [0.717, 1.165) is 45.1 Å². The first-order chi connectivity index (χ1) is 20.7. The molecule has 0 radical (unpaired) electrons. The summed E-state index contributed by atoms with van der Waals surface area (Å²) in [6, 6.07) is 20.3. The van der Waals surface area contributed by atoms with Gasteiger partial charge in [0.15, 0.2) is 10.1 Å². The van der Waals surface area contributed by atoms with Crippen molar-refractivity contribution in [2.45, 2.75) is 82.2 Å². The minimum Gasteiger partial charge on any atom is -0.493 e. The van der Waals surface area contributed by atoms with Crippen molar-refractivity contribution in [2.24, 2.45) is 11.8 Å². The van der Waals surface area contributed by atoms with E-state index in [4.69, 9.17) is 4.74 Å². The maximum absolute atomic E-state index is 13.2. The lowest BCUT2D eigenvalue weighted by Gasteiger charge is -2.15. The number of nitrogens with one attached hydrogen (secondary N) is 1. The average Bonchev–Trinajstić information content (AvgIpc) is 3.53. The van der Waals surface area contributed by atoms with Crippen LogP contribution in [0.5, 0.6) is 5.75 Å². The first kappa shape index (κ1) is 31.3. The van der Waals surface area contributed by atoms with E-state index in [1.54, 1.807) is 11.3 Å². The van der Waals surface area contributed by atoms with Gasteiger partial charge in [-0.15, -0.1) is 11.3 Å². The maximum atomic E-state index is 13.2. The quantitative estimate of drug-likeness (QED) is 0.143. The van der Waals surface area contributed by atoms with Crippen LogP contribution in [0.15, 0.2) is 65.0 Å². The molecule has 0 unspecified atom stereocenters. The number of amides is 1. The zero-order chi connectivity index (χ0) is 30.3. The summed E-state index contributed by atoms with van der Waals surface area (Å²) in [4.78, 5) is 30.7. The molecule has 1 amide bonds. The van der Waals surface area contributed by atoms with Crippen LogP contribution < -0.4 is 10.1 Å². The molecule has 1 atom stereocenters. The Bertz CT molecular complexity index is 1540. The largest absolute Gasteiger partial charge is 0.493 e. The molecule has 0 fully saturated rings. The number of hydrogen-bond acceptors (Lipinski definition) is 6. The second kappa shape index (κ2) is 14.5. The van der Waals surface area contributed by atoms with E-state index in [-0.39, 0.29) is 16.9 Å². The number of para-hydroxylation sites is 1. The molecule has 3 aromatic carbocycles. The zero-order valence-electron chi connectivity index (χ0n) is 25.7. The SMILES string of the molecule is CC(C)CCc1ccc(OCCCC(=O)Nc2ccc3c(c2)C(=O)[C@H](Sc2nc4ccccc4s2)C3)c(CCC(C)C)c1. The average molecular weight is 615 g/mol. The molecule has 4 aromatic rings. The summed E-state index contributed by atoms with van der Waals surface area (Å²) in [6.07, 6.45) is 6.05. The number of rotatable bonds is 14. The first-order valence-electron chi connectivity index (χ1n) is 15.5. The number of anilines is 1. The Morgan fingerprint density at radius 2 is 1.81 bits per heavy atom. The van der Waals surface area contributed by atoms with Gasteiger partial charge in [0.1, 0.15) is 5.75 Å². The lowest BCUT2D eigenvalue weighted by atomic mass is 9.97. The van der Waals surface area contributed by atoms with Crippen LogP contribution in [0.1, 0.15) is 80.4 Å². The smallest absolute Gasteiger partial charge is 0.224 e. The second-order valence-electron chi connectivity index (χ2n) is 12.3. The summed E-state index contributed by atoms with van der Waals surface area (Å²) >= 11 is 3.16. The van der Waals surface area contributed by atoms with Gasteiger partial charge in [-0.25, -0.2) is 4.98 Å². The van der Waals surface area contributed by atoms with Gasteiger partial charge in [-0.1, -0.05) is 69.8 Å². The maximum Gasteiger partial charge on any atom is 0.224 e. The van der Waals surface area contributed by atoms with Crippen molar-refractivity contribution in [1.29, 1.82) is 0 Å². The van der Waals surface area contributed by atoms with Crippen LogP contribution in [-0.4, -0.2) is 28.5 Å². The number of benzene rings is 3. The number of hydrogen-bond donors (Lipinski definition) is 1. The Morgan fingerprint density at radius 1 is 1.02 bits per heavy atom. The van der Waals surface area contributed by atoms with E-state index in [1.807, 2.05) is 36.4 Å². The van der Waals surface area contributed by atoms with E-state index >= 15 is 0 Å². The third-order valence-electron chi connectivity index (χ3n) is 7.81.